The van der Waals surface area contributed by atoms with Gasteiger partial charge in [-0.1, -0.05) is 40.2 Å². The summed E-state index contributed by atoms with van der Waals surface area (Å²) in [6.45, 7) is 0.159. The molecule has 146 valence electrons. The minimum absolute atomic E-state index is 0.114. The first-order chi connectivity index (χ1) is 13.9. The molecule has 2 aromatic heterocycles. The predicted octanol–water partition coefficient (Wildman–Crippen LogP) is 5.58. The van der Waals surface area contributed by atoms with Crippen LogP contribution < -0.4 is 0 Å². The summed E-state index contributed by atoms with van der Waals surface area (Å²) in [5.74, 6) is -0.821. The average molecular weight is 460 g/mol. The van der Waals surface area contributed by atoms with Crippen molar-refractivity contribution in [2.24, 2.45) is 0 Å². The Morgan fingerprint density at radius 2 is 1.79 bits per heavy atom. The largest absolute Gasteiger partial charge is 0.450 e. The van der Waals surface area contributed by atoms with Crippen molar-refractivity contribution in [2.45, 2.75) is 19.1 Å². The van der Waals surface area contributed by atoms with Crippen molar-refractivity contribution >= 4 is 27.0 Å². The molecule has 0 aliphatic rings. The molecule has 5 nitrogen and oxygen atoms in total. The maximum atomic E-state index is 13.8. The van der Waals surface area contributed by atoms with E-state index in [0.717, 1.165) is 14.6 Å². The van der Waals surface area contributed by atoms with Crippen LogP contribution in [-0.2, 0) is 12.7 Å². The van der Waals surface area contributed by atoms with Crippen molar-refractivity contribution in [3.8, 4) is 23.1 Å². The number of rotatable bonds is 4. The number of hydrogen-bond donors (Lipinski definition) is 0. The minimum atomic E-state index is -4.65. The number of nitriles is 1. The number of aryl methyl sites for hydroxylation is 1. The number of fused-ring (bicyclic) bond motifs is 1. The molecule has 0 saturated heterocycles. The van der Waals surface area contributed by atoms with Crippen LogP contribution in [-0.4, -0.2) is 19.3 Å². The first-order valence-corrected chi connectivity index (χ1v) is 9.43. The van der Waals surface area contributed by atoms with E-state index in [9.17, 15) is 13.2 Å². The van der Waals surface area contributed by atoms with E-state index >= 15 is 0 Å². The Labute approximate surface area is 172 Å². The van der Waals surface area contributed by atoms with E-state index in [2.05, 4.69) is 26.0 Å². The van der Waals surface area contributed by atoms with E-state index in [0.29, 0.717) is 11.2 Å². The fourth-order valence-electron chi connectivity index (χ4n) is 3.12. The van der Waals surface area contributed by atoms with Crippen LogP contribution in [0.1, 0.15) is 12.2 Å². The Kier molecular flexibility index (Phi) is 4.88. The van der Waals surface area contributed by atoms with Gasteiger partial charge in [0.15, 0.2) is 0 Å². The zero-order valence-corrected chi connectivity index (χ0v) is 16.4. The lowest BCUT2D eigenvalue weighted by Gasteiger charge is -2.12. The molecule has 4 aromatic rings. The first kappa shape index (κ1) is 19.2. The van der Waals surface area contributed by atoms with Crippen molar-refractivity contribution < 1.29 is 13.2 Å². The average Bonchev–Trinajstić information content (AvgIpc) is 3.28. The van der Waals surface area contributed by atoms with Gasteiger partial charge >= 0.3 is 6.18 Å². The normalized spacial score (nSPS) is 11.7. The smallest absolute Gasteiger partial charge is 0.273 e. The molecule has 0 bridgehead atoms. The van der Waals surface area contributed by atoms with Crippen molar-refractivity contribution in [3.63, 3.8) is 0 Å². The van der Waals surface area contributed by atoms with E-state index < -0.39 is 12.0 Å². The Morgan fingerprint density at radius 1 is 1.07 bits per heavy atom. The number of alkyl halides is 3. The third kappa shape index (κ3) is 3.63. The second kappa shape index (κ2) is 7.37. The van der Waals surface area contributed by atoms with Crippen molar-refractivity contribution in [3.05, 3.63) is 64.9 Å². The molecule has 4 rings (SSSR count). The summed E-state index contributed by atoms with van der Waals surface area (Å²) in [5, 5.41) is 13.4. The molecule has 0 radical (unpaired) electrons. The number of benzene rings is 2. The third-order valence-electron chi connectivity index (χ3n) is 4.38. The molecule has 2 heterocycles. The third-order valence-corrected chi connectivity index (χ3v) is 4.91. The highest BCUT2D eigenvalue weighted by molar-refractivity contribution is 9.10. The van der Waals surface area contributed by atoms with Crippen LogP contribution in [0.3, 0.4) is 0 Å². The van der Waals surface area contributed by atoms with Gasteiger partial charge in [0.1, 0.15) is 5.82 Å². The van der Waals surface area contributed by atoms with Crippen LogP contribution >= 0.6 is 15.9 Å². The highest BCUT2D eigenvalue weighted by Gasteiger charge is 2.38. The maximum Gasteiger partial charge on any atom is 0.450 e. The van der Waals surface area contributed by atoms with Crippen molar-refractivity contribution in [2.75, 3.05) is 0 Å². The summed E-state index contributed by atoms with van der Waals surface area (Å²) in [6, 6.07) is 17.3. The zero-order valence-electron chi connectivity index (χ0n) is 14.9. The van der Waals surface area contributed by atoms with Gasteiger partial charge in [-0.25, -0.2) is 9.67 Å². The molecule has 9 heteroatoms. The number of nitrogens with zero attached hydrogens (tertiary/aromatic N) is 5. The Balaban J connectivity index is 1.97. The second-order valence-electron chi connectivity index (χ2n) is 6.28. The molecule has 0 aliphatic carbocycles. The lowest BCUT2D eigenvalue weighted by Crippen LogP contribution is -2.17. The Morgan fingerprint density at radius 3 is 2.48 bits per heavy atom. The van der Waals surface area contributed by atoms with Crippen LogP contribution in [0, 0.1) is 11.3 Å². The van der Waals surface area contributed by atoms with E-state index in [1.807, 2.05) is 30.3 Å². The number of aromatic nitrogens is 4. The fraction of sp³-hybridized carbons (Fsp3) is 0.150. The molecule has 0 aliphatic heterocycles. The van der Waals surface area contributed by atoms with Crippen LogP contribution in [0.2, 0.25) is 0 Å². The Bertz CT molecular complexity index is 1220. The number of para-hydroxylation sites is 2. The fourth-order valence-corrected chi connectivity index (χ4v) is 3.38. The van der Waals surface area contributed by atoms with Gasteiger partial charge in [0.25, 0.3) is 0 Å². The van der Waals surface area contributed by atoms with Crippen LogP contribution in [0.5, 0.6) is 0 Å². The highest BCUT2D eigenvalue weighted by Crippen LogP contribution is 2.35. The summed E-state index contributed by atoms with van der Waals surface area (Å²) < 4.78 is 44.6. The van der Waals surface area contributed by atoms with Gasteiger partial charge in [-0.2, -0.15) is 23.5 Å². The first-order valence-electron chi connectivity index (χ1n) is 8.64. The van der Waals surface area contributed by atoms with Gasteiger partial charge < -0.3 is 0 Å². The molecule has 29 heavy (non-hydrogen) atoms. The Hall–Kier alpha value is -3.12. The molecular weight excluding hydrogens is 447 g/mol. The highest BCUT2D eigenvalue weighted by atomic mass is 79.9. The molecule has 0 N–H and O–H groups in total. The summed E-state index contributed by atoms with van der Waals surface area (Å²) in [4.78, 5) is 3.80. The molecule has 0 atom stereocenters. The van der Waals surface area contributed by atoms with Crippen LogP contribution in [0.15, 0.2) is 59.1 Å². The van der Waals surface area contributed by atoms with Gasteiger partial charge in [-0.3, -0.25) is 4.57 Å². The molecule has 0 amide bonds. The lowest BCUT2D eigenvalue weighted by molar-refractivity contribution is -0.145. The second-order valence-corrected chi connectivity index (χ2v) is 7.20. The van der Waals surface area contributed by atoms with Crippen LogP contribution in [0.4, 0.5) is 13.2 Å². The minimum Gasteiger partial charge on any atom is -0.273 e. The summed E-state index contributed by atoms with van der Waals surface area (Å²) in [7, 11) is 0. The number of halogens is 4. The summed E-state index contributed by atoms with van der Waals surface area (Å²) in [5.41, 5.74) is 1.82. The topological polar surface area (TPSA) is 59.4 Å². The van der Waals surface area contributed by atoms with Crippen LogP contribution in [0.25, 0.3) is 28.1 Å². The van der Waals surface area contributed by atoms with E-state index in [-0.39, 0.29) is 24.3 Å². The molecule has 0 saturated carbocycles. The number of hydrogen-bond acceptors (Lipinski definition) is 3. The maximum absolute atomic E-state index is 13.8. The summed E-state index contributed by atoms with van der Waals surface area (Å²) >= 11 is 3.36. The number of imidazole rings is 1. The summed E-state index contributed by atoms with van der Waals surface area (Å²) in [6.07, 6.45) is -4.54. The van der Waals surface area contributed by atoms with E-state index in [1.165, 1.54) is 10.7 Å². The van der Waals surface area contributed by atoms with Gasteiger partial charge in [0.05, 0.1) is 35.8 Å². The van der Waals surface area contributed by atoms with Gasteiger partial charge in [0, 0.05) is 16.1 Å². The SMILES string of the molecule is N#CCCn1nc(-c2ccc(Br)cc2)cc1-n1c(C(F)(F)F)nc2ccccc21. The molecule has 0 unspecified atom stereocenters. The molecule has 0 spiro atoms. The molecular formula is C20H13BrF3N5. The standard InChI is InChI=1S/C20H13BrF3N5/c21-14-8-6-13(7-9-14)16-12-18(28(27-16)11-3-10-25)29-17-5-2-1-4-15(17)26-19(29)20(22,23)24/h1-2,4-9,12H,3,11H2. The van der Waals surface area contributed by atoms with Crippen molar-refractivity contribution in [1.82, 2.24) is 19.3 Å². The van der Waals surface area contributed by atoms with Gasteiger partial charge in [-0.15, -0.1) is 0 Å². The van der Waals surface area contributed by atoms with Crippen molar-refractivity contribution in [1.29, 1.82) is 5.26 Å². The van der Waals surface area contributed by atoms with Gasteiger partial charge in [-0.05, 0) is 24.3 Å². The predicted molar refractivity (Wildman–Crippen MR) is 105 cm³/mol. The van der Waals surface area contributed by atoms with Gasteiger partial charge in [0.2, 0.25) is 5.82 Å². The zero-order chi connectivity index (χ0) is 20.6. The van der Waals surface area contributed by atoms with E-state index in [1.54, 1.807) is 24.3 Å². The molecule has 0 fully saturated rings. The monoisotopic (exact) mass is 459 g/mol. The molecule has 2 aromatic carbocycles. The quantitative estimate of drug-likeness (QED) is 0.399. The van der Waals surface area contributed by atoms with E-state index in [4.69, 9.17) is 5.26 Å². The lowest BCUT2D eigenvalue weighted by atomic mass is 10.1.